The van der Waals surface area contributed by atoms with Gasteiger partial charge >= 0.3 is 5.97 Å². The number of hydrogen-bond donors (Lipinski definition) is 2. The van der Waals surface area contributed by atoms with Crippen molar-refractivity contribution in [1.29, 1.82) is 0 Å². The van der Waals surface area contributed by atoms with Crippen molar-refractivity contribution in [2.24, 2.45) is 0 Å². The Morgan fingerprint density at radius 3 is 2.38 bits per heavy atom. The maximum Gasteiger partial charge on any atom is 0.326 e. The lowest BCUT2D eigenvalue weighted by Crippen LogP contribution is -2.42. The van der Waals surface area contributed by atoms with Crippen LogP contribution < -0.4 is 10.1 Å². The molecule has 0 spiro atoms. The van der Waals surface area contributed by atoms with Gasteiger partial charge in [0.2, 0.25) is 0 Å². The average Bonchev–Trinajstić information content (AvgIpc) is 2.39. The van der Waals surface area contributed by atoms with Gasteiger partial charge in [-0.2, -0.15) is 0 Å². The van der Waals surface area contributed by atoms with Crippen molar-refractivity contribution in [3.63, 3.8) is 0 Å². The number of benzene rings is 1. The monoisotopic (exact) mass is 293 g/mol. The Balaban J connectivity index is 2.50. The second-order valence-corrected chi connectivity index (χ2v) is 5.21. The molecule has 5 nitrogen and oxygen atoms in total. The number of aliphatic carboxylic acids is 1. The minimum atomic E-state index is -1.01. The molecule has 1 atom stereocenters. The molecule has 0 radical (unpaired) electrons. The molecule has 1 rings (SSSR count). The highest BCUT2D eigenvalue weighted by Crippen LogP contribution is 2.16. The number of unbranched alkanes of at least 4 members (excludes halogenated alkanes) is 1. The third-order valence-electron chi connectivity index (χ3n) is 3.04. The molecule has 0 saturated carbocycles. The predicted molar refractivity (Wildman–Crippen MR) is 80.5 cm³/mol. The van der Waals surface area contributed by atoms with Crippen LogP contribution in [0.25, 0.3) is 0 Å². The SMILES string of the molecule is CCCC[C@H](NC(=O)COc1cc(C)cc(C)c1)C(=O)O. The third-order valence-corrected chi connectivity index (χ3v) is 3.04. The van der Waals surface area contributed by atoms with Crippen molar-refractivity contribution in [3.05, 3.63) is 29.3 Å². The molecule has 0 aromatic heterocycles. The summed E-state index contributed by atoms with van der Waals surface area (Å²) in [4.78, 5) is 22.8. The molecule has 0 aliphatic heterocycles. The van der Waals surface area contributed by atoms with E-state index in [9.17, 15) is 9.59 Å². The Morgan fingerprint density at radius 2 is 1.86 bits per heavy atom. The lowest BCUT2D eigenvalue weighted by Gasteiger charge is -2.14. The Hall–Kier alpha value is -2.04. The van der Waals surface area contributed by atoms with E-state index in [1.807, 2.05) is 39.0 Å². The van der Waals surface area contributed by atoms with Crippen LogP contribution in [0.2, 0.25) is 0 Å². The minimum Gasteiger partial charge on any atom is -0.484 e. The van der Waals surface area contributed by atoms with Gasteiger partial charge in [0.25, 0.3) is 5.91 Å². The number of aryl methyl sites for hydroxylation is 2. The number of carboxylic acid groups (broad SMARTS) is 1. The Kier molecular flexibility index (Phi) is 6.72. The molecule has 1 aromatic rings. The third kappa shape index (κ3) is 6.29. The smallest absolute Gasteiger partial charge is 0.326 e. The summed E-state index contributed by atoms with van der Waals surface area (Å²) in [6, 6.07) is 4.84. The molecule has 0 bridgehead atoms. The second kappa shape index (κ2) is 8.29. The summed E-state index contributed by atoms with van der Waals surface area (Å²) in [5.41, 5.74) is 2.11. The molecule has 0 aliphatic rings. The van der Waals surface area contributed by atoms with Gasteiger partial charge in [-0.3, -0.25) is 4.79 Å². The molecule has 1 amide bonds. The highest BCUT2D eigenvalue weighted by atomic mass is 16.5. The largest absolute Gasteiger partial charge is 0.484 e. The van der Waals surface area contributed by atoms with E-state index in [0.29, 0.717) is 12.2 Å². The summed E-state index contributed by atoms with van der Waals surface area (Å²) >= 11 is 0. The number of ether oxygens (including phenoxy) is 1. The highest BCUT2D eigenvalue weighted by molar-refractivity contribution is 5.84. The van der Waals surface area contributed by atoms with Crippen molar-refractivity contribution in [1.82, 2.24) is 5.32 Å². The molecular formula is C16H23NO4. The van der Waals surface area contributed by atoms with Crippen molar-refractivity contribution in [2.45, 2.75) is 46.1 Å². The molecule has 0 aliphatic carbocycles. The molecular weight excluding hydrogens is 270 g/mol. The van der Waals surface area contributed by atoms with E-state index < -0.39 is 17.9 Å². The number of nitrogens with one attached hydrogen (secondary N) is 1. The van der Waals surface area contributed by atoms with E-state index in [1.54, 1.807) is 0 Å². The predicted octanol–water partition coefficient (Wildman–Crippen LogP) is 2.44. The Bertz CT molecular complexity index is 479. The van der Waals surface area contributed by atoms with Crippen LogP contribution in [0.4, 0.5) is 0 Å². The first kappa shape index (κ1) is 17.0. The molecule has 21 heavy (non-hydrogen) atoms. The van der Waals surface area contributed by atoms with Gasteiger partial charge in [0, 0.05) is 0 Å². The van der Waals surface area contributed by atoms with Crippen LogP contribution in [0.5, 0.6) is 5.75 Å². The van der Waals surface area contributed by atoms with E-state index in [-0.39, 0.29) is 6.61 Å². The Morgan fingerprint density at radius 1 is 1.24 bits per heavy atom. The molecule has 116 valence electrons. The molecule has 0 fully saturated rings. The van der Waals surface area contributed by atoms with Crippen molar-refractivity contribution in [2.75, 3.05) is 6.61 Å². The van der Waals surface area contributed by atoms with Crippen molar-refractivity contribution in [3.8, 4) is 5.75 Å². The van der Waals surface area contributed by atoms with Crippen molar-refractivity contribution >= 4 is 11.9 Å². The van der Waals surface area contributed by atoms with Crippen LogP contribution in [-0.4, -0.2) is 29.6 Å². The molecule has 5 heteroatoms. The van der Waals surface area contributed by atoms with Gasteiger partial charge < -0.3 is 15.2 Å². The molecule has 1 aromatic carbocycles. The van der Waals surface area contributed by atoms with Gasteiger partial charge in [-0.05, 0) is 43.5 Å². The van der Waals surface area contributed by atoms with E-state index in [0.717, 1.165) is 24.0 Å². The number of carboxylic acids is 1. The summed E-state index contributed by atoms with van der Waals surface area (Å²) < 4.78 is 5.41. The standard InChI is InChI=1S/C16H23NO4/c1-4-5-6-14(16(19)20)17-15(18)10-21-13-8-11(2)7-12(3)9-13/h7-9,14H,4-6,10H2,1-3H3,(H,17,18)(H,19,20)/t14-/m0/s1. The average molecular weight is 293 g/mol. The lowest BCUT2D eigenvalue weighted by molar-refractivity contribution is -0.142. The van der Waals surface area contributed by atoms with Crippen LogP contribution in [0, 0.1) is 13.8 Å². The lowest BCUT2D eigenvalue weighted by atomic mass is 10.1. The van der Waals surface area contributed by atoms with Crippen molar-refractivity contribution < 1.29 is 19.4 Å². The van der Waals surface area contributed by atoms with Crippen LogP contribution in [0.1, 0.15) is 37.3 Å². The number of carbonyl (C=O) groups is 2. The van der Waals surface area contributed by atoms with E-state index in [4.69, 9.17) is 9.84 Å². The van der Waals surface area contributed by atoms with Crippen LogP contribution in [0.15, 0.2) is 18.2 Å². The summed E-state index contributed by atoms with van der Waals surface area (Å²) in [7, 11) is 0. The quantitative estimate of drug-likeness (QED) is 0.772. The van der Waals surface area contributed by atoms with E-state index in [1.165, 1.54) is 0 Å². The number of hydrogen-bond acceptors (Lipinski definition) is 3. The highest BCUT2D eigenvalue weighted by Gasteiger charge is 2.19. The fourth-order valence-electron chi connectivity index (χ4n) is 2.07. The first-order valence-corrected chi connectivity index (χ1v) is 7.15. The van der Waals surface area contributed by atoms with Gasteiger partial charge in [-0.15, -0.1) is 0 Å². The summed E-state index contributed by atoms with van der Waals surface area (Å²) in [6.07, 6.45) is 2.08. The van der Waals surface area contributed by atoms with Gasteiger partial charge in [0.05, 0.1) is 0 Å². The van der Waals surface area contributed by atoms with Gasteiger partial charge in [0.15, 0.2) is 6.61 Å². The number of carbonyl (C=O) groups excluding carboxylic acids is 1. The fourth-order valence-corrected chi connectivity index (χ4v) is 2.07. The first-order chi connectivity index (χ1) is 9.92. The van der Waals surface area contributed by atoms with Gasteiger partial charge in [-0.1, -0.05) is 25.8 Å². The summed E-state index contributed by atoms with van der Waals surface area (Å²) in [6.45, 7) is 5.69. The molecule has 2 N–H and O–H groups in total. The fraction of sp³-hybridized carbons (Fsp3) is 0.500. The topological polar surface area (TPSA) is 75.6 Å². The van der Waals surface area contributed by atoms with E-state index in [2.05, 4.69) is 5.32 Å². The van der Waals surface area contributed by atoms with Crippen LogP contribution in [-0.2, 0) is 9.59 Å². The maximum atomic E-state index is 11.8. The maximum absolute atomic E-state index is 11.8. The first-order valence-electron chi connectivity index (χ1n) is 7.15. The summed E-state index contributed by atoms with van der Waals surface area (Å²) in [5, 5.41) is 11.5. The Labute approximate surface area is 125 Å². The molecule has 0 unspecified atom stereocenters. The van der Waals surface area contributed by atoms with E-state index >= 15 is 0 Å². The van der Waals surface area contributed by atoms with Gasteiger partial charge in [0.1, 0.15) is 11.8 Å². The minimum absolute atomic E-state index is 0.182. The zero-order valence-corrected chi connectivity index (χ0v) is 12.8. The van der Waals surface area contributed by atoms with Crippen LogP contribution in [0.3, 0.4) is 0 Å². The van der Waals surface area contributed by atoms with Crippen LogP contribution >= 0.6 is 0 Å². The summed E-state index contributed by atoms with van der Waals surface area (Å²) in [5.74, 6) is -0.816. The molecule has 0 saturated heterocycles. The van der Waals surface area contributed by atoms with Gasteiger partial charge in [-0.25, -0.2) is 4.79 Å². The normalized spacial score (nSPS) is 11.8. The number of amides is 1. The second-order valence-electron chi connectivity index (χ2n) is 5.21. The molecule has 0 heterocycles. The zero-order valence-electron chi connectivity index (χ0n) is 12.8. The zero-order chi connectivity index (χ0) is 15.8. The number of rotatable bonds is 8.